The van der Waals surface area contributed by atoms with E-state index in [1.807, 2.05) is 0 Å². The molecule has 0 spiro atoms. The number of ether oxygens (including phenoxy) is 1. The summed E-state index contributed by atoms with van der Waals surface area (Å²) in [4.78, 5) is 2.59. The third-order valence-corrected chi connectivity index (χ3v) is 3.51. The van der Waals surface area contributed by atoms with Gasteiger partial charge in [0.05, 0.1) is 6.61 Å². The van der Waals surface area contributed by atoms with E-state index in [9.17, 15) is 0 Å². The Kier molecular flexibility index (Phi) is 6.45. The van der Waals surface area contributed by atoms with E-state index in [1.165, 1.54) is 32.4 Å². The number of rotatable bonds is 7. The van der Waals surface area contributed by atoms with Crippen molar-refractivity contribution >= 4 is 0 Å². The molecule has 1 saturated heterocycles. The van der Waals surface area contributed by atoms with Crippen molar-refractivity contribution in [2.75, 3.05) is 39.9 Å². The number of nitrogens with one attached hydrogen (secondary N) is 1. The summed E-state index contributed by atoms with van der Waals surface area (Å²) >= 11 is 0. The van der Waals surface area contributed by atoms with Crippen LogP contribution in [0.1, 0.15) is 40.0 Å². The monoisotopic (exact) mass is 242 g/mol. The summed E-state index contributed by atoms with van der Waals surface area (Å²) in [5, 5.41) is 3.58. The first-order valence-corrected chi connectivity index (χ1v) is 7.02. The molecule has 17 heavy (non-hydrogen) atoms. The Morgan fingerprint density at radius 2 is 2.18 bits per heavy atom. The smallest absolute Gasteiger partial charge is 0.0628 e. The van der Waals surface area contributed by atoms with Crippen LogP contribution in [-0.2, 0) is 4.74 Å². The van der Waals surface area contributed by atoms with Crippen LogP contribution >= 0.6 is 0 Å². The zero-order valence-corrected chi connectivity index (χ0v) is 12.1. The summed E-state index contributed by atoms with van der Waals surface area (Å²) in [5.74, 6) is 0. The molecule has 3 nitrogen and oxygen atoms in total. The molecule has 0 amide bonds. The molecule has 0 radical (unpaired) electrons. The van der Waals surface area contributed by atoms with E-state index in [0.29, 0.717) is 11.5 Å². The van der Waals surface area contributed by atoms with Gasteiger partial charge in [0.1, 0.15) is 0 Å². The lowest BCUT2D eigenvalue weighted by Crippen LogP contribution is -2.48. The molecule has 1 unspecified atom stereocenters. The van der Waals surface area contributed by atoms with Crippen LogP contribution in [0.2, 0.25) is 0 Å². The first-order chi connectivity index (χ1) is 8.07. The van der Waals surface area contributed by atoms with Gasteiger partial charge in [-0.1, -0.05) is 20.8 Å². The maximum atomic E-state index is 5.31. The number of nitrogens with zero attached hydrogens (tertiary/aromatic N) is 1. The molecule has 1 aliphatic heterocycles. The third kappa shape index (κ3) is 5.84. The van der Waals surface area contributed by atoms with Crippen LogP contribution in [0.5, 0.6) is 0 Å². The van der Waals surface area contributed by atoms with Gasteiger partial charge in [0.15, 0.2) is 0 Å². The van der Waals surface area contributed by atoms with Gasteiger partial charge in [-0.2, -0.15) is 0 Å². The Balaban J connectivity index is 2.37. The predicted molar refractivity (Wildman–Crippen MR) is 73.4 cm³/mol. The van der Waals surface area contributed by atoms with Crippen LogP contribution in [0.15, 0.2) is 0 Å². The maximum absolute atomic E-state index is 5.31. The lowest BCUT2D eigenvalue weighted by molar-refractivity contribution is 0.0854. The van der Waals surface area contributed by atoms with Gasteiger partial charge < -0.3 is 15.0 Å². The van der Waals surface area contributed by atoms with Gasteiger partial charge in [-0.15, -0.1) is 0 Å². The molecule has 0 aliphatic carbocycles. The Bertz CT molecular complexity index is 206. The van der Waals surface area contributed by atoms with Gasteiger partial charge in [0.2, 0.25) is 0 Å². The molecule has 0 aromatic heterocycles. The molecule has 1 fully saturated rings. The highest BCUT2D eigenvalue weighted by atomic mass is 16.5. The molecule has 1 atom stereocenters. The third-order valence-electron chi connectivity index (χ3n) is 3.51. The minimum absolute atomic E-state index is 0.480. The second-order valence-electron chi connectivity index (χ2n) is 6.11. The van der Waals surface area contributed by atoms with Gasteiger partial charge in [-0.25, -0.2) is 0 Å². The van der Waals surface area contributed by atoms with E-state index in [1.54, 1.807) is 7.11 Å². The van der Waals surface area contributed by atoms with Gasteiger partial charge in [-0.3, -0.25) is 0 Å². The van der Waals surface area contributed by atoms with Crippen molar-refractivity contribution in [2.24, 2.45) is 5.41 Å². The largest absolute Gasteiger partial charge is 0.383 e. The predicted octanol–water partition coefficient (Wildman–Crippen LogP) is 2.12. The van der Waals surface area contributed by atoms with Crippen LogP contribution in [0.25, 0.3) is 0 Å². The first-order valence-electron chi connectivity index (χ1n) is 7.02. The van der Waals surface area contributed by atoms with Crippen molar-refractivity contribution in [3.05, 3.63) is 0 Å². The topological polar surface area (TPSA) is 24.5 Å². The molecule has 0 bridgehead atoms. The first kappa shape index (κ1) is 14.9. The number of likely N-dealkylation sites (tertiary alicyclic amines) is 1. The quantitative estimate of drug-likeness (QED) is 0.740. The molecule has 0 saturated carbocycles. The van der Waals surface area contributed by atoms with Crippen molar-refractivity contribution in [3.63, 3.8) is 0 Å². The van der Waals surface area contributed by atoms with E-state index < -0.39 is 0 Å². The number of methoxy groups -OCH3 is 1. The lowest BCUT2D eigenvalue weighted by atomic mass is 9.84. The van der Waals surface area contributed by atoms with E-state index in [4.69, 9.17) is 4.74 Å². The molecule has 1 aliphatic rings. The minimum Gasteiger partial charge on any atom is -0.383 e. The van der Waals surface area contributed by atoms with Crippen molar-refractivity contribution in [3.8, 4) is 0 Å². The lowest BCUT2D eigenvalue weighted by Gasteiger charge is -2.39. The van der Waals surface area contributed by atoms with Crippen LogP contribution in [0, 0.1) is 5.41 Å². The zero-order chi connectivity index (χ0) is 12.7. The summed E-state index contributed by atoms with van der Waals surface area (Å²) in [6, 6.07) is 0.480. The van der Waals surface area contributed by atoms with Crippen molar-refractivity contribution in [1.29, 1.82) is 0 Å². The number of hydrogen-bond acceptors (Lipinski definition) is 3. The van der Waals surface area contributed by atoms with Crippen LogP contribution < -0.4 is 5.32 Å². The van der Waals surface area contributed by atoms with Gasteiger partial charge in [0.25, 0.3) is 0 Å². The molecular formula is C14H30N2O. The van der Waals surface area contributed by atoms with E-state index in [0.717, 1.165) is 19.7 Å². The highest BCUT2D eigenvalue weighted by Crippen LogP contribution is 2.28. The average molecular weight is 242 g/mol. The van der Waals surface area contributed by atoms with Crippen LogP contribution in [-0.4, -0.2) is 50.8 Å². The summed E-state index contributed by atoms with van der Waals surface area (Å²) in [7, 11) is 1.79. The molecule has 0 aromatic carbocycles. The highest BCUT2D eigenvalue weighted by Gasteiger charge is 2.27. The maximum Gasteiger partial charge on any atom is 0.0628 e. The standard InChI is InChI=1S/C14H30N2O/c1-5-8-15-13(11-17-4)10-16-9-6-7-14(2,3)12-16/h13,15H,5-12H2,1-4H3. The second-order valence-corrected chi connectivity index (χ2v) is 6.11. The fourth-order valence-electron chi connectivity index (χ4n) is 2.74. The van der Waals surface area contributed by atoms with Crippen molar-refractivity contribution in [1.82, 2.24) is 10.2 Å². The van der Waals surface area contributed by atoms with Gasteiger partial charge in [-0.05, 0) is 37.8 Å². The Hall–Kier alpha value is -0.120. The van der Waals surface area contributed by atoms with Gasteiger partial charge in [0, 0.05) is 26.2 Å². The summed E-state index contributed by atoms with van der Waals surface area (Å²) in [5.41, 5.74) is 0.487. The molecule has 0 aromatic rings. The molecule has 102 valence electrons. The Morgan fingerprint density at radius 1 is 1.41 bits per heavy atom. The molecule has 1 N–H and O–H groups in total. The van der Waals surface area contributed by atoms with Crippen LogP contribution in [0.4, 0.5) is 0 Å². The minimum atomic E-state index is 0.480. The number of piperidine rings is 1. The molecule has 1 heterocycles. The highest BCUT2D eigenvalue weighted by molar-refractivity contribution is 4.82. The Labute approximate surface area is 107 Å². The van der Waals surface area contributed by atoms with Crippen molar-refractivity contribution < 1.29 is 4.74 Å². The summed E-state index contributed by atoms with van der Waals surface area (Å²) in [6.45, 7) is 12.5. The normalized spacial score (nSPS) is 22.6. The van der Waals surface area contributed by atoms with E-state index >= 15 is 0 Å². The molecule has 3 heteroatoms. The number of hydrogen-bond donors (Lipinski definition) is 1. The average Bonchev–Trinajstić information content (AvgIpc) is 2.25. The van der Waals surface area contributed by atoms with Crippen molar-refractivity contribution in [2.45, 2.75) is 46.1 Å². The second kappa shape index (κ2) is 7.34. The SMILES string of the molecule is CCCNC(COC)CN1CCCC(C)(C)C1. The van der Waals surface area contributed by atoms with E-state index in [2.05, 4.69) is 31.0 Å². The molecule has 1 rings (SSSR count). The summed E-state index contributed by atoms with van der Waals surface area (Å²) < 4.78 is 5.31. The van der Waals surface area contributed by atoms with Crippen LogP contribution in [0.3, 0.4) is 0 Å². The van der Waals surface area contributed by atoms with E-state index in [-0.39, 0.29) is 0 Å². The fraction of sp³-hybridized carbons (Fsp3) is 1.00. The Morgan fingerprint density at radius 3 is 2.76 bits per heavy atom. The molecular weight excluding hydrogens is 212 g/mol. The summed E-state index contributed by atoms with van der Waals surface area (Å²) in [6.07, 6.45) is 3.88. The van der Waals surface area contributed by atoms with Gasteiger partial charge >= 0.3 is 0 Å². The zero-order valence-electron chi connectivity index (χ0n) is 12.1. The fourth-order valence-corrected chi connectivity index (χ4v) is 2.74.